The molecule has 158 valence electrons. The van der Waals surface area contributed by atoms with Crippen LogP contribution in [-0.4, -0.2) is 23.1 Å². The van der Waals surface area contributed by atoms with Gasteiger partial charge in [0, 0.05) is 18.7 Å². The van der Waals surface area contributed by atoms with Crippen molar-refractivity contribution in [1.29, 1.82) is 0 Å². The molecule has 0 aliphatic heterocycles. The van der Waals surface area contributed by atoms with Crippen LogP contribution < -0.4 is 9.88 Å². The van der Waals surface area contributed by atoms with Crippen LogP contribution >= 0.6 is 0 Å². The number of fused-ring (bicyclic) bond motifs is 1. The Balaban J connectivity index is 1.99. The van der Waals surface area contributed by atoms with Crippen molar-refractivity contribution in [2.45, 2.75) is 53.6 Å². The quantitative estimate of drug-likeness (QED) is 0.471. The number of nitrogens with one attached hydrogen (secondary N) is 1. The van der Waals surface area contributed by atoms with Gasteiger partial charge in [-0.05, 0) is 57.0 Å². The Morgan fingerprint density at radius 1 is 1.10 bits per heavy atom. The number of hydrogen-bond donors (Lipinski definition) is 1. The highest BCUT2D eigenvalue weighted by Crippen LogP contribution is 2.23. The lowest BCUT2D eigenvalue weighted by Crippen LogP contribution is -2.36. The van der Waals surface area contributed by atoms with Gasteiger partial charge >= 0.3 is 5.97 Å². The maximum absolute atomic E-state index is 13.0. The molecule has 3 aromatic rings. The minimum Gasteiger partial charge on any atom is -0.462 e. The monoisotopic (exact) mass is 408 g/mol. The molecule has 0 fully saturated rings. The number of carbonyl (C=O) groups is 2. The van der Waals surface area contributed by atoms with E-state index < -0.39 is 6.04 Å². The Kier molecular flexibility index (Phi) is 6.55. The first-order chi connectivity index (χ1) is 14.4. The summed E-state index contributed by atoms with van der Waals surface area (Å²) in [6.07, 6.45) is 0.957. The van der Waals surface area contributed by atoms with Gasteiger partial charge in [0.2, 0.25) is 0 Å². The van der Waals surface area contributed by atoms with Gasteiger partial charge < -0.3 is 10.1 Å². The van der Waals surface area contributed by atoms with Crippen LogP contribution in [0.1, 0.15) is 55.5 Å². The highest BCUT2D eigenvalue weighted by molar-refractivity contribution is 5.96. The summed E-state index contributed by atoms with van der Waals surface area (Å²) < 4.78 is 9.28. The van der Waals surface area contributed by atoms with Crippen molar-refractivity contribution in [3.63, 3.8) is 0 Å². The molecular weight excluding hydrogens is 378 g/mol. The summed E-state index contributed by atoms with van der Waals surface area (Å²) >= 11 is 0. The number of aryl methyl sites for hydroxylation is 2. The number of ether oxygens (including phenoxy) is 1. The average Bonchev–Trinajstić information content (AvgIpc) is 3.04. The Labute approximate surface area is 177 Å². The molecule has 1 aromatic heterocycles. The Morgan fingerprint density at radius 2 is 1.80 bits per heavy atom. The SMILES string of the molecule is CCOC(=O)c1ccc2c(c1)n([C@@H](C)C(=O)Nc1ccc(CC)cc1)c(C)[n+]2CC. The van der Waals surface area contributed by atoms with Gasteiger partial charge in [0.05, 0.1) is 18.7 Å². The first kappa shape index (κ1) is 21.6. The molecule has 0 radical (unpaired) electrons. The molecule has 2 aromatic carbocycles. The molecule has 6 heteroatoms. The second-order valence-corrected chi connectivity index (χ2v) is 7.30. The molecule has 0 unspecified atom stereocenters. The van der Waals surface area contributed by atoms with E-state index >= 15 is 0 Å². The van der Waals surface area contributed by atoms with E-state index in [4.69, 9.17) is 4.74 Å². The summed E-state index contributed by atoms with van der Waals surface area (Å²) in [7, 11) is 0. The molecule has 0 aliphatic rings. The third kappa shape index (κ3) is 4.08. The molecule has 1 amide bonds. The minimum atomic E-state index is -0.455. The van der Waals surface area contributed by atoms with Gasteiger partial charge in [0.15, 0.2) is 17.1 Å². The third-order valence-corrected chi connectivity index (χ3v) is 5.49. The number of aromatic nitrogens is 2. The fraction of sp³-hybridized carbons (Fsp3) is 0.375. The highest BCUT2D eigenvalue weighted by atomic mass is 16.5. The zero-order valence-corrected chi connectivity index (χ0v) is 18.4. The predicted molar refractivity (Wildman–Crippen MR) is 118 cm³/mol. The molecule has 0 aliphatic carbocycles. The number of carbonyl (C=O) groups excluding carboxylic acids is 2. The van der Waals surface area contributed by atoms with Crippen molar-refractivity contribution in [3.8, 4) is 0 Å². The molecule has 1 N–H and O–H groups in total. The summed E-state index contributed by atoms with van der Waals surface area (Å²) in [4.78, 5) is 25.3. The van der Waals surface area contributed by atoms with Crippen LogP contribution in [0.5, 0.6) is 0 Å². The number of imidazole rings is 1. The largest absolute Gasteiger partial charge is 0.462 e. The molecule has 1 heterocycles. The molecule has 0 bridgehead atoms. The summed E-state index contributed by atoms with van der Waals surface area (Å²) in [5.74, 6) is 0.488. The lowest BCUT2D eigenvalue weighted by molar-refractivity contribution is -0.675. The number of amides is 1. The standard InChI is InChI=1S/C24H29N3O3/c1-6-18-9-12-20(13-10-18)25-23(28)16(4)27-17(5)26(7-2)21-14-11-19(15-22(21)27)24(29)30-8-3/h9-16H,6-8H2,1-5H3/p+1/t16-/m0/s1. The van der Waals surface area contributed by atoms with Crippen LogP contribution in [0.25, 0.3) is 11.0 Å². The number of nitrogens with zero attached hydrogens (tertiary/aromatic N) is 2. The normalized spacial score (nSPS) is 12.0. The van der Waals surface area contributed by atoms with Crippen molar-refractivity contribution in [3.05, 3.63) is 59.4 Å². The van der Waals surface area contributed by atoms with Crippen molar-refractivity contribution in [1.82, 2.24) is 4.57 Å². The molecular formula is C24H30N3O3+. The van der Waals surface area contributed by atoms with Crippen LogP contribution in [0.3, 0.4) is 0 Å². The van der Waals surface area contributed by atoms with Crippen LogP contribution in [0, 0.1) is 6.92 Å². The second kappa shape index (κ2) is 9.11. The maximum atomic E-state index is 13.0. The first-order valence-electron chi connectivity index (χ1n) is 10.5. The summed E-state index contributed by atoms with van der Waals surface area (Å²) in [5, 5.41) is 3.01. The van der Waals surface area contributed by atoms with Crippen LogP contribution in [0.15, 0.2) is 42.5 Å². The molecule has 30 heavy (non-hydrogen) atoms. The first-order valence-corrected chi connectivity index (χ1v) is 10.5. The van der Waals surface area contributed by atoms with Gasteiger partial charge in [-0.2, -0.15) is 0 Å². The van der Waals surface area contributed by atoms with Gasteiger partial charge in [0.25, 0.3) is 11.7 Å². The van der Waals surface area contributed by atoms with Gasteiger partial charge in [-0.1, -0.05) is 19.1 Å². The van der Waals surface area contributed by atoms with E-state index in [1.165, 1.54) is 5.56 Å². The number of hydrogen-bond acceptors (Lipinski definition) is 3. The fourth-order valence-electron chi connectivity index (χ4n) is 3.84. The molecule has 3 rings (SSSR count). The summed E-state index contributed by atoms with van der Waals surface area (Å²) in [5.41, 5.74) is 4.30. The van der Waals surface area contributed by atoms with E-state index in [-0.39, 0.29) is 11.9 Å². The Morgan fingerprint density at radius 3 is 2.40 bits per heavy atom. The summed E-state index contributed by atoms with van der Waals surface area (Å²) in [6.45, 7) is 10.9. The van der Waals surface area contributed by atoms with E-state index in [0.717, 1.165) is 35.5 Å². The van der Waals surface area contributed by atoms with E-state index in [0.29, 0.717) is 12.2 Å². The van der Waals surface area contributed by atoms with E-state index in [1.807, 2.05) is 54.8 Å². The van der Waals surface area contributed by atoms with Gasteiger partial charge in [-0.25, -0.2) is 13.9 Å². The third-order valence-electron chi connectivity index (χ3n) is 5.49. The smallest absolute Gasteiger partial charge is 0.338 e. The van der Waals surface area contributed by atoms with E-state index in [9.17, 15) is 9.59 Å². The maximum Gasteiger partial charge on any atom is 0.338 e. The highest BCUT2D eigenvalue weighted by Gasteiger charge is 2.30. The zero-order chi connectivity index (χ0) is 21.8. The van der Waals surface area contributed by atoms with Gasteiger partial charge in [-0.15, -0.1) is 0 Å². The fourth-order valence-corrected chi connectivity index (χ4v) is 3.84. The minimum absolute atomic E-state index is 0.107. The summed E-state index contributed by atoms with van der Waals surface area (Å²) in [6, 6.07) is 12.9. The lowest BCUT2D eigenvalue weighted by atomic mass is 10.1. The predicted octanol–water partition coefficient (Wildman–Crippen LogP) is 4.20. The lowest BCUT2D eigenvalue weighted by Gasteiger charge is -2.12. The molecule has 6 nitrogen and oxygen atoms in total. The van der Waals surface area contributed by atoms with Crippen molar-refractivity contribution >= 4 is 28.6 Å². The van der Waals surface area contributed by atoms with Crippen molar-refractivity contribution in [2.24, 2.45) is 0 Å². The topological polar surface area (TPSA) is 64.2 Å². The number of rotatable bonds is 7. The Hall–Kier alpha value is -3.15. The second-order valence-electron chi connectivity index (χ2n) is 7.30. The van der Waals surface area contributed by atoms with Crippen molar-refractivity contribution in [2.75, 3.05) is 11.9 Å². The average molecular weight is 409 g/mol. The van der Waals surface area contributed by atoms with Crippen LogP contribution in [-0.2, 0) is 22.5 Å². The van der Waals surface area contributed by atoms with Crippen molar-refractivity contribution < 1.29 is 18.9 Å². The number of benzene rings is 2. The van der Waals surface area contributed by atoms with E-state index in [1.54, 1.807) is 13.0 Å². The van der Waals surface area contributed by atoms with Crippen LogP contribution in [0.4, 0.5) is 5.69 Å². The molecule has 1 atom stereocenters. The molecule has 0 saturated carbocycles. The molecule has 0 spiro atoms. The Bertz CT molecular complexity index is 1070. The zero-order valence-electron chi connectivity index (χ0n) is 18.4. The van der Waals surface area contributed by atoms with E-state index in [2.05, 4.69) is 23.7 Å². The van der Waals surface area contributed by atoms with Gasteiger partial charge in [-0.3, -0.25) is 4.79 Å². The van der Waals surface area contributed by atoms with Crippen LogP contribution in [0.2, 0.25) is 0 Å². The number of anilines is 1. The molecule has 0 saturated heterocycles. The number of esters is 1. The van der Waals surface area contributed by atoms with Gasteiger partial charge in [0.1, 0.15) is 0 Å².